The van der Waals surface area contributed by atoms with Crippen LogP contribution in [0.25, 0.3) is 0 Å². The van der Waals surface area contributed by atoms with Crippen molar-refractivity contribution in [3.05, 3.63) is 58.6 Å². The highest BCUT2D eigenvalue weighted by Gasteiger charge is 2.04. The third-order valence-electron chi connectivity index (χ3n) is 5.87. The molecule has 0 N–H and O–H groups in total. The average Bonchev–Trinajstić information content (AvgIpc) is 3.04. The number of non-ortho nitro benzene ring substituents is 1. The van der Waals surface area contributed by atoms with Gasteiger partial charge in [0, 0.05) is 38.5 Å². The summed E-state index contributed by atoms with van der Waals surface area (Å²) in [4.78, 5) is 12.4. The Bertz CT molecular complexity index is 1010. The van der Waals surface area contributed by atoms with Gasteiger partial charge >= 0.3 is 0 Å². The fraction of sp³-hybridized carbons (Fsp3) is 0.600. The fourth-order valence-corrected chi connectivity index (χ4v) is 3.42. The van der Waals surface area contributed by atoms with Gasteiger partial charge in [0.25, 0.3) is 5.69 Å². The molecule has 0 atom stereocenters. The van der Waals surface area contributed by atoms with E-state index in [0.29, 0.717) is 110 Å². The maximum atomic E-state index is 10.7. The van der Waals surface area contributed by atoms with Crippen LogP contribution >= 0.6 is 0 Å². The van der Waals surface area contributed by atoms with Crippen molar-refractivity contribution in [3.8, 4) is 0 Å². The van der Waals surface area contributed by atoms with Crippen LogP contribution in [-0.4, -0.2) is 125 Å². The smallest absolute Gasteiger partial charge is 0.269 e. The van der Waals surface area contributed by atoms with E-state index in [2.05, 4.69) is 15.1 Å². The molecule has 0 saturated carbocycles. The van der Waals surface area contributed by atoms with E-state index < -0.39 is 4.92 Å². The van der Waals surface area contributed by atoms with E-state index in [-0.39, 0.29) is 5.69 Å². The van der Waals surface area contributed by atoms with Crippen LogP contribution in [0, 0.1) is 10.1 Å². The Hall–Kier alpha value is -3.08. The molecule has 0 radical (unpaired) electrons. The van der Waals surface area contributed by atoms with Crippen molar-refractivity contribution in [2.45, 2.75) is 0 Å². The molecule has 0 aliphatic heterocycles. The first kappa shape index (κ1) is 37.1. The highest BCUT2D eigenvalue weighted by molar-refractivity contribution is 5.52. The number of nitrogens with zero attached hydrogens (tertiary/aromatic N) is 4. The molecule has 0 aromatic heterocycles. The zero-order valence-corrected chi connectivity index (χ0v) is 25.8. The number of methoxy groups -OCH3 is 1. The fourth-order valence-electron chi connectivity index (χ4n) is 3.42. The standard InChI is InChI=1S/C30H46N4O10/c1-33(29-7-3-27(4-8-29)31-32-28-5-9-30(10-6-28)34(35)36)11-12-38-15-16-40-19-20-42-23-24-44-26-25-43-22-21-41-18-17-39-14-13-37-2/h3-10H,11-26H2,1-2H3. The van der Waals surface area contributed by atoms with Crippen LogP contribution in [-0.2, 0) is 37.9 Å². The third kappa shape index (κ3) is 18.6. The minimum atomic E-state index is -0.449. The van der Waals surface area contributed by atoms with E-state index >= 15 is 0 Å². The van der Waals surface area contributed by atoms with Crippen LogP contribution < -0.4 is 4.90 Å². The molecular weight excluding hydrogens is 576 g/mol. The molecule has 44 heavy (non-hydrogen) atoms. The van der Waals surface area contributed by atoms with E-state index in [1.165, 1.54) is 12.1 Å². The number of azo groups is 1. The number of nitro groups is 1. The van der Waals surface area contributed by atoms with Gasteiger partial charge in [-0.15, -0.1) is 0 Å². The highest BCUT2D eigenvalue weighted by atomic mass is 16.6. The number of anilines is 1. The van der Waals surface area contributed by atoms with Gasteiger partial charge in [-0.3, -0.25) is 10.1 Å². The molecule has 14 nitrogen and oxygen atoms in total. The number of hydrogen-bond acceptors (Lipinski definition) is 13. The van der Waals surface area contributed by atoms with Crippen molar-refractivity contribution < 1.29 is 42.8 Å². The van der Waals surface area contributed by atoms with Gasteiger partial charge in [-0.25, -0.2) is 0 Å². The van der Waals surface area contributed by atoms with E-state index in [9.17, 15) is 10.1 Å². The molecule has 0 saturated heterocycles. The molecular formula is C30H46N4O10. The topological polar surface area (TPSA) is 145 Å². The lowest BCUT2D eigenvalue weighted by Crippen LogP contribution is -2.23. The summed E-state index contributed by atoms with van der Waals surface area (Å²) in [5, 5.41) is 19.0. The maximum absolute atomic E-state index is 10.7. The van der Waals surface area contributed by atoms with Gasteiger partial charge in [0.05, 0.1) is 115 Å². The summed E-state index contributed by atoms with van der Waals surface area (Å²) in [6.07, 6.45) is 0. The minimum Gasteiger partial charge on any atom is -0.382 e. The van der Waals surface area contributed by atoms with Crippen LogP contribution in [0.4, 0.5) is 22.7 Å². The summed E-state index contributed by atoms with van der Waals surface area (Å²) in [7, 11) is 3.63. The first-order valence-electron chi connectivity index (χ1n) is 14.6. The lowest BCUT2D eigenvalue weighted by Gasteiger charge is -2.19. The quantitative estimate of drug-likeness (QED) is 0.0582. The summed E-state index contributed by atoms with van der Waals surface area (Å²) >= 11 is 0. The predicted molar refractivity (Wildman–Crippen MR) is 165 cm³/mol. The van der Waals surface area contributed by atoms with Crippen LogP contribution in [0.15, 0.2) is 58.8 Å². The van der Waals surface area contributed by atoms with Gasteiger partial charge in [0.1, 0.15) is 0 Å². The number of ether oxygens (including phenoxy) is 8. The van der Waals surface area contributed by atoms with E-state index in [1.807, 2.05) is 31.3 Å². The van der Waals surface area contributed by atoms with E-state index in [4.69, 9.17) is 37.9 Å². The Morgan fingerprint density at radius 3 is 1.27 bits per heavy atom. The number of hydrogen-bond donors (Lipinski definition) is 0. The molecule has 0 spiro atoms. The predicted octanol–water partition coefficient (Wildman–Crippen LogP) is 4.21. The molecule has 0 fully saturated rings. The van der Waals surface area contributed by atoms with Crippen molar-refractivity contribution in [2.24, 2.45) is 10.2 Å². The monoisotopic (exact) mass is 622 g/mol. The molecule has 0 unspecified atom stereocenters. The molecule has 0 heterocycles. The second-order valence-electron chi connectivity index (χ2n) is 9.19. The van der Waals surface area contributed by atoms with Gasteiger partial charge in [0.15, 0.2) is 0 Å². The number of nitro benzene ring substituents is 1. The average molecular weight is 623 g/mol. The molecule has 2 aromatic rings. The lowest BCUT2D eigenvalue weighted by molar-refractivity contribution is -0.384. The van der Waals surface area contributed by atoms with Gasteiger partial charge < -0.3 is 42.8 Å². The zero-order valence-electron chi connectivity index (χ0n) is 25.8. The number of rotatable bonds is 28. The van der Waals surface area contributed by atoms with Gasteiger partial charge in [-0.2, -0.15) is 10.2 Å². The van der Waals surface area contributed by atoms with Crippen molar-refractivity contribution in [1.82, 2.24) is 0 Å². The van der Waals surface area contributed by atoms with Crippen molar-refractivity contribution in [1.29, 1.82) is 0 Å². The minimum absolute atomic E-state index is 0.0180. The molecule has 0 bridgehead atoms. The Morgan fingerprint density at radius 2 is 0.909 bits per heavy atom. The lowest BCUT2D eigenvalue weighted by atomic mass is 10.2. The first-order valence-corrected chi connectivity index (χ1v) is 14.6. The molecule has 0 aliphatic carbocycles. The zero-order chi connectivity index (χ0) is 31.5. The van der Waals surface area contributed by atoms with E-state index in [0.717, 1.165) is 12.2 Å². The highest BCUT2D eigenvalue weighted by Crippen LogP contribution is 2.23. The van der Waals surface area contributed by atoms with Gasteiger partial charge in [-0.1, -0.05) is 0 Å². The third-order valence-corrected chi connectivity index (χ3v) is 5.87. The Labute approximate surface area is 259 Å². The summed E-state index contributed by atoms with van der Waals surface area (Å²) in [6, 6.07) is 13.5. The first-order chi connectivity index (χ1) is 21.6. The van der Waals surface area contributed by atoms with Crippen molar-refractivity contribution in [2.75, 3.05) is 125 Å². The van der Waals surface area contributed by atoms with Crippen LogP contribution in [0.2, 0.25) is 0 Å². The molecule has 2 rings (SSSR count). The van der Waals surface area contributed by atoms with Crippen molar-refractivity contribution >= 4 is 22.7 Å². The summed E-state index contributed by atoms with van der Waals surface area (Å²) < 4.78 is 43.2. The SMILES string of the molecule is COCCOCCOCCOCCOCCOCCOCCOCCN(C)c1ccc(N=Nc2ccc([N+](=O)[O-])cc2)cc1. The second-order valence-corrected chi connectivity index (χ2v) is 9.19. The largest absolute Gasteiger partial charge is 0.382 e. The van der Waals surface area contributed by atoms with Gasteiger partial charge in [0.2, 0.25) is 0 Å². The number of likely N-dealkylation sites (N-methyl/N-ethyl adjacent to an activating group) is 1. The molecule has 246 valence electrons. The molecule has 0 aliphatic rings. The van der Waals surface area contributed by atoms with Crippen LogP contribution in [0.5, 0.6) is 0 Å². The summed E-state index contributed by atoms with van der Waals surface area (Å²) in [6.45, 7) is 8.62. The normalized spacial score (nSPS) is 11.4. The van der Waals surface area contributed by atoms with Crippen LogP contribution in [0.1, 0.15) is 0 Å². The summed E-state index contributed by atoms with van der Waals surface area (Å²) in [5.74, 6) is 0. The maximum Gasteiger partial charge on any atom is 0.269 e. The van der Waals surface area contributed by atoms with Crippen LogP contribution in [0.3, 0.4) is 0 Å². The number of benzene rings is 2. The molecule has 14 heteroatoms. The van der Waals surface area contributed by atoms with Gasteiger partial charge in [-0.05, 0) is 36.4 Å². The molecule has 2 aromatic carbocycles. The Balaban J connectivity index is 1.35. The van der Waals surface area contributed by atoms with E-state index in [1.54, 1.807) is 19.2 Å². The van der Waals surface area contributed by atoms with Crippen molar-refractivity contribution in [3.63, 3.8) is 0 Å². The summed E-state index contributed by atoms with van der Waals surface area (Å²) in [5.41, 5.74) is 2.27. The Morgan fingerprint density at radius 1 is 0.568 bits per heavy atom. The Kier molecular flexibility index (Phi) is 21.3. The molecule has 0 amide bonds. The second kappa shape index (κ2) is 25.3.